The number of hydrogen-bond donors (Lipinski definition) is 1. The Bertz CT molecular complexity index is 807. The normalized spacial score (nSPS) is 13.3. The van der Waals surface area contributed by atoms with E-state index in [0.29, 0.717) is 5.01 Å². The van der Waals surface area contributed by atoms with Crippen LogP contribution in [-0.2, 0) is 5.60 Å². The van der Waals surface area contributed by atoms with Crippen molar-refractivity contribution in [3.63, 3.8) is 0 Å². The monoisotopic (exact) mass is 341 g/mol. The van der Waals surface area contributed by atoms with Crippen LogP contribution in [0.2, 0.25) is 0 Å². The molecule has 1 unspecified atom stereocenters. The summed E-state index contributed by atoms with van der Waals surface area (Å²) in [5.41, 5.74) is 1.45. The van der Waals surface area contributed by atoms with Crippen molar-refractivity contribution < 1.29 is 14.6 Å². The fourth-order valence-corrected chi connectivity index (χ4v) is 3.34. The van der Waals surface area contributed by atoms with Gasteiger partial charge in [0, 0.05) is 10.9 Å². The van der Waals surface area contributed by atoms with Crippen LogP contribution in [0.3, 0.4) is 0 Å². The molecular weight excluding hydrogens is 322 g/mol. The zero-order valence-electron chi connectivity index (χ0n) is 13.8. The minimum atomic E-state index is -1.15. The molecule has 0 bridgehead atoms. The van der Waals surface area contributed by atoms with Crippen LogP contribution in [0, 0.1) is 0 Å². The molecule has 24 heavy (non-hydrogen) atoms. The Kier molecular flexibility index (Phi) is 4.55. The molecule has 1 atom stereocenters. The SMILES string of the molecule is COc1ccc(-c2csc(C(C)(O)c3ccc(OC)cc3)n2)cc1. The predicted octanol–water partition coefficient (Wildman–Crippen LogP) is 4.08. The zero-order valence-corrected chi connectivity index (χ0v) is 14.6. The molecule has 0 spiro atoms. The molecule has 3 rings (SSSR count). The zero-order chi connectivity index (χ0) is 17.2. The van der Waals surface area contributed by atoms with Gasteiger partial charge in [-0.3, -0.25) is 0 Å². The topological polar surface area (TPSA) is 51.6 Å². The van der Waals surface area contributed by atoms with Crippen LogP contribution < -0.4 is 9.47 Å². The van der Waals surface area contributed by atoms with E-state index in [2.05, 4.69) is 4.98 Å². The minimum Gasteiger partial charge on any atom is -0.497 e. The third-order valence-electron chi connectivity index (χ3n) is 3.96. The molecule has 2 aromatic carbocycles. The molecule has 1 N–H and O–H groups in total. The van der Waals surface area contributed by atoms with Gasteiger partial charge in [0.15, 0.2) is 0 Å². The summed E-state index contributed by atoms with van der Waals surface area (Å²) in [5.74, 6) is 1.56. The number of methoxy groups -OCH3 is 2. The molecule has 0 saturated heterocycles. The van der Waals surface area contributed by atoms with Crippen molar-refractivity contribution >= 4 is 11.3 Å². The Hall–Kier alpha value is -2.37. The van der Waals surface area contributed by atoms with Crippen molar-refractivity contribution in [2.45, 2.75) is 12.5 Å². The number of aliphatic hydroxyl groups is 1. The summed E-state index contributed by atoms with van der Waals surface area (Å²) in [6.45, 7) is 1.76. The molecule has 1 aromatic heterocycles. The van der Waals surface area contributed by atoms with Crippen molar-refractivity contribution in [3.8, 4) is 22.8 Å². The first-order valence-electron chi connectivity index (χ1n) is 7.52. The molecule has 0 amide bonds. The van der Waals surface area contributed by atoms with Gasteiger partial charge in [-0.15, -0.1) is 11.3 Å². The van der Waals surface area contributed by atoms with Gasteiger partial charge in [0.2, 0.25) is 0 Å². The molecule has 4 nitrogen and oxygen atoms in total. The molecule has 0 aliphatic heterocycles. The van der Waals surface area contributed by atoms with Crippen LogP contribution in [0.4, 0.5) is 0 Å². The average molecular weight is 341 g/mol. The number of aromatic nitrogens is 1. The third kappa shape index (κ3) is 3.13. The second-order valence-electron chi connectivity index (χ2n) is 5.57. The number of rotatable bonds is 5. The summed E-state index contributed by atoms with van der Waals surface area (Å²) in [5, 5.41) is 13.6. The lowest BCUT2D eigenvalue weighted by atomic mass is 9.96. The molecule has 0 aliphatic rings. The number of ether oxygens (including phenoxy) is 2. The minimum absolute atomic E-state index is 0.651. The van der Waals surface area contributed by atoms with Crippen LogP contribution >= 0.6 is 11.3 Å². The molecule has 0 saturated carbocycles. The molecule has 3 aromatic rings. The van der Waals surface area contributed by atoms with E-state index >= 15 is 0 Å². The van der Waals surface area contributed by atoms with Crippen molar-refractivity contribution in [2.75, 3.05) is 14.2 Å². The van der Waals surface area contributed by atoms with Crippen LogP contribution in [0.5, 0.6) is 11.5 Å². The Morgan fingerprint density at radius 1 is 0.917 bits per heavy atom. The largest absolute Gasteiger partial charge is 0.497 e. The van der Waals surface area contributed by atoms with Crippen molar-refractivity contribution in [3.05, 3.63) is 64.5 Å². The van der Waals surface area contributed by atoms with Gasteiger partial charge in [-0.05, 0) is 48.9 Å². The smallest absolute Gasteiger partial charge is 0.138 e. The summed E-state index contributed by atoms with van der Waals surface area (Å²) in [4.78, 5) is 4.62. The summed E-state index contributed by atoms with van der Waals surface area (Å²) >= 11 is 1.44. The van der Waals surface area contributed by atoms with E-state index < -0.39 is 5.60 Å². The molecule has 1 heterocycles. The summed E-state index contributed by atoms with van der Waals surface area (Å²) in [6, 6.07) is 15.1. The fourth-order valence-electron chi connectivity index (χ4n) is 2.43. The number of benzene rings is 2. The van der Waals surface area contributed by atoms with Crippen LogP contribution in [0.1, 0.15) is 17.5 Å². The van der Waals surface area contributed by atoms with Gasteiger partial charge in [0.05, 0.1) is 19.9 Å². The molecule has 124 valence electrons. The van der Waals surface area contributed by atoms with Gasteiger partial charge in [-0.25, -0.2) is 4.98 Å². The van der Waals surface area contributed by atoms with Gasteiger partial charge in [-0.2, -0.15) is 0 Å². The van der Waals surface area contributed by atoms with E-state index in [1.165, 1.54) is 11.3 Å². The van der Waals surface area contributed by atoms with E-state index in [9.17, 15) is 5.11 Å². The van der Waals surface area contributed by atoms with E-state index in [0.717, 1.165) is 28.3 Å². The summed E-state index contributed by atoms with van der Waals surface area (Å²) in [6.07, 6.45) is 0. The number of thiazole rings is 1. The highest BCUT2D eigenvalue weighted by Gasteiger charge is 2.29. The van der Waals surface area contributed by atoms with Gasteiger partial charge < -0.3 is 14.6 Å². The van der Waals surface area contributed by atoms with Gasteiger partial charge in [0.25, 0.3) is 0 Å². The second-order valence-corrected chi connectivity index (χ2v) is 6.43. The van der Waals surface area contributed by atoms with E-state index in [4.69, 9.17) is 9.47 Å². The Labute approximate surface area is 145 Å². The number of nitrogens with zero attached hydrogens (tertiary/aromatic N) is 1. The second kappa shape index (κ2) is 6.63. The van der Waals surface area contributed by atoms with Crippen molar-refractivity contribution in [1.29, 1.82) is 0 Å². The molecule has 0 radical (unpaired) electrons. The molecule has 5 heteroatoms. The molecular formula is C19H19NO3S. The van der Waals surface area contributed by atoms with Crippen molar-refractivity contribution in [1.82, 2.24) is 4.98 Å². The lowest BCUT2D eigenvalue weighted by molar-refractivity contribution is 0.102. The van der Waals surface area contributed by atoms with E-state index in [-0.39, 0.29) is 0 Å². The Morgan fingerprint density at radius 3 is 2.00 bits per heavy atom. The first-order chi connectivity index (χ1) is 11.5. The third-order valence-corrected chi connectivity index (χ3v) is 5.01. The lowest BCUT2D eigenvalue weighted by Crippen LogP contribution is -2.22. The van der Waals surface area contributed by atoms with Gasteiger partial charge in [0.1, 0.15) is 22.1 Å². The van der Waals surface area contributed by atoms with Crippen molar-refractivity contribution in [2.24, 2.45) is 0 Å². The quantitative estimate of drug-likeness (QED) is 0.760. The van der Waals surface area contributed by atoms with E-state index in [1.54, 1.807) is 21.1 Å². The highest BCUT2D eigenvalue weighted by atomic mass is 32.1. The van der Waals surface area contributed by atoms with Crippen LogP contribution in [-0.4, -0.2) is 24.3 Å². The summed E-state index contributed by atoms with van der Waals surface area (Å²) in [7, 11) is 3.26. The highest BCUT2D eigenvalue weighted by molar-refractivity contribution is 7.10. The van der Waals surface area contributed by atoms with Gasteiger partial charge in [-0.1, -0.05) is 12.1 Å². The molecule has 0 aliphatic carbocycles. The van der Waals surface area contributed by atoms with Crippen LogP contribution in [0.25, 0.3) is 11.3 Å². The predicted molar refractivity (Wildman–Crippen MR) is 95.8 cm³/mol. The summed E-state index contributed by atoms with van der Waals surface area (Å²) < 4.78 is 10.3. The average Bonchev–Trinajstić information content (AvgIpc) is 3.13. The lowest BCUT2D eigenvalue weighted by Gasteiger charge is -2.21. The first-order valence-corrected chi connectivity index (χ1v) is 8.40. The fraction of sp³-hybridized carbons (Fsp3) is 0.211. The Balaban J connectivity index is 1.89. The number of hydrogen-bond acceptors (Lipinski definition) is 5. The maximum atomic E-state index is 11.0. The van der Waals surface area contributed by atoms with Gasteiger partial charge >= 0.3 is 0 Å². The maximum Gasteiger partial charge on any atom is 0.138 e. The highest BCUT2D eigenvalue weighted by Crippen LogP contribution is 2.34. The standard InChI is InChI=1S/C19H19NO3S/c1-19(21,14-6-10-16(23-3)11-7-14)18-20-17(12-24-18)13-4-8-15(22-2)9-5-13/h4-12,21H,1-3H3. The maximum absolute atomic E-state index is 11.0. The molecule has 0 fully saturated rings. The van der Waals surface area contributed by atoms with E-state index in [1.807, 2.05) is 53.9 Å². The van der Waals surface area contributed by atoms with Crippen LogP contribution in [0.15, 0.2) is 53.9 Å². The Morgan fingerprint density at radius 2 is 1.46 bits per heavy atom. The first kappa shape index (κ1) is 16.5.